The molecule has 0 radical (unpaired) electrons. The van der Waals surface area contributed by atoms with Crippen LogP contribution in [0.5, 0.6) is 0 Å². The minimum absolute atomic E-state index is 0.241. The van der Waals surface area contributed by atoms with Crippen LogP contribution in [-0.2, 0) is 18.4 Å². The molecule has 1 spiro atoms. The lowest BCUT2D eigenvalue weighted by Gasteiger charge is -2.63. The number of hydrogen-bond donors (Lipinski definition) is 1. The van der Waals surface area contributed by atoms with Crippen LogP contribution in [0, 0.1) is 63.7 Å². The van der Waals surface area contributed by atoms with E-state index >= 15 is 0 Å². The van der Waals surface area contributed by atoms with Gasteiger partial charge < -0.3 is 9.73 Å². The Bertz CT molecular complexity index is 2030. The van der Waals surface area contributed by atoms with E-state index in [1.807, 2.05) is 0 Å². The molecule has 4 saturated carbocycles. The summed E-state index contributed by atoms with van der Waals surface area (Å²) in [6.07, 6.45) is 10.6. The molecule has 50 heavy (non-hydrogen) atoms. The SMILES string of the molecule is C[C@H]1CC[C@H]2[C@@H]3CC[C@H]4C[C@@]5(CC[C@]4(C)[C@H]3CC[C@]12C)NCCc1c5c(=O)oc2cc(CC(=O)c3c(F)c(F)c(N=[N+]=[N-])c(F)c3F)ccc12. The molecular formula is C39H42F4N4O3. The van der Waals surface area contributed by atoms with Gasteiger partial charge in [-0.05, 0) is 127 Å². The maximum Gasteiger partial charge on any atom is 0.341 e. The Kier molecular flexibility index (Phi) is 7.81. The molecule has 1 aromatic heterocycles. The average Bonchev–Trinajstić information content (AvgIpc) is 3.40. The molecule has 1 N–H and O–H groups in total. The molecule has 8 atom stereocenters. The Morgan fingerprint density at radius 2 is 1.72 bits per heavy atom. The van der Waals surface area contributed by atoms with Crippen molar-refractivity contribution in [2.45, 2.75) is 96.9 Å². The number of azide groups is 1. The molecule has 4 fully saturated rings. The van der Waals surface area contributed by atoms with E-state index in [0.29, 0.717) is 29.9 Å². The molecule has 0 saturated heterocycles. The van der Waals surface area contributed by atoms with Crippen LogP contribution < -0.4 is 10.9 Å². The second-order valence-electron chi connectivity index (χ2n) is 16.5. The summed E-state index contributed by atoms with van der Waals surface area (Å²) >= 11 is 0. The van der Waals surface area contributed by atoms with Gasteiger partial charge in [-0.3, -0.25) is 4.79 Å². The second-order valence-corrected chi connectivity index (χ2v) is 16.5. The summed E-state index contributed by atoms with van der Waals surface area (Å²) < 4.78 is 64.0. The van der Waals surface area contributed by atoms with Crippen molar-refractivity contribution in [3.05, 3.63) is 84.6 Å². The van der Waals surface area contributed by atoms with Crippen molar-refractivity contribution in [2.75, 3.05) is 6.54 Å². The van der Waals surface area contributed by atoms with E-state index < -0.39 is 57.9 Å². The molecule has 2 heterocycles. The van der Waals surface area contributed by atoms with Gasteiger partial charge in [0, 0.05) is 23.3 Å². The van der Waals surface area contributed by atoms with Crippen LogP contribution in [0.4, 0.5) is 23.2 Å². The minimum atomic E-state index is -1.95. The number of ketones is 1. The van der Waals surface area contributed by atoms with Crippen molar-refractivity contribution in [2.24, 2.45) is 45.5 Å². The van der Waals surface area contributed by atoms with Crippen LogP contribution in [-0.4, -0.2) is 12.3 Å². The number of carbonyl (C=O) groups excluding carboxylic acids is 1. The number of benzene rings is 2. The fourth-order valence-electron chi connectivity index (χ4n) is 11.9. The van der Waals surface area contributed by atoms with E-state index in [9.17, 15) is 27.2 Å². The molecule has 8 rings (SSSR count). The zero-order chi connectivity index (χ0) is 35.3. The normalized spacial score (nSPS) is 34.4. The lowest BCUT2D eigenvalue weighted by molar-refractivity contribution is -0.124. The number of fused-ring (bicyclic) bond motifs is 9. The van der Waals surface area contributed by atoms with Gasteiger partial charge in [0.2, 0.25) is 0 Å². The van der Waals surface area contributed by atoms with Crippen molar-refractivity contribution >= 4 is 22.4 Å². The van der Waals surface area contributed by atoms with Gasteiger partial charge in [-0.25, -0.2) is 22.4 Å². The van der Waals surface area contributed by atoms with Gasteiger partial charge in [0.25, 0.3) is 0 Å². The summed E-state index contributed by atoms with van der Waals surface area (Å²) in [4.78, 5) is 29.1. The standard InChI is InChI=1S/C39H42F4N4O3/c1-19-4-9-25-24-8-6-21-18-39(14-13-38(21,3)26(24)10-12-37(19,25)2)30-23(11-15-45-39)22-7-5-20(17-28(22)50-36(30)49)16-27(48)29-31(40)33(42)35(46-47-44)34(43)32(29)41/h5,7,17,19,21,24-26,45H,4,6,8-16,18H2,1-3H3/t19-,21-,24-,25-,26-,37+,38-,39+/m0/s1. The minimum Gasteiger partial charge on any atom is -0.422 e. The van der Waals surface area contributed by atoms with Crippen molar-refractivity contribution in [1.82, 2.24) is 5.32 Å². The van der Waals surface area contributed by atoms with Crippen molar-refractivity contribution in [1.29, 1.82) is 0 Å². The van der Waals surface area contributed by atoms with Crippen molar-refractivity contribution < 1.29 is 26.8 Å². The lowest BCUT2D eigenvalue weighted by Crippen LogP contribution is -2.60. The molecule has 1 aliphatic heterocycles. The zero-order valence-corrected chi connectivity index (χ0v) is 28.7. The van der Waals surface area contributed by atoms with Crippen LogP contribution in [0.1, 0.15) is 106 Å². The van der Waals surface area contributed by atoms with Gasteiger partial charge in [-0.2, -0.15) is 0 Å². The predicted octanol–water partition coefficient (Wildman–Crippen LogP) is 9.74. The Morgan fingerprint density at radius 1 is 0.980 bits per heavy atom. The van der Waals surface area contributed by atoms with E-state index in [1.54, 1.807) is 12.1 Å². The van der Waals surface area contributed by atoms with Crippen LogP contribution in [0.3, 0.4) is 0 Å². The highest BCUT2D eigenvalue weighted by Crippen LogP contribution is 2.68. The number of Topliss-reactive ketones (excluding diaryl/α,β-unsaturated/α-hetero) is 1. The van der Waals surface area contributed by atoms with Crippen LogP contribution in [0.15, 0.2) is 32.5 Å². The quantitative estimate of drug-likeness (QED) is 0.0559. The summed E-state index contributed by atoms with van der Waals surface area (Å²) in [7, 11) is 0. The van der Waals surface area contributed by atoms with E-state index in [0.717, 1.165) is 53.9 Å². The molecule has 2 aromatic carbocycles. The number of halogens is 4. The van der Waals surface area contributed by atoms with Gasteiger partial charge >= 0.3 is 5.63 Å². The smallest absolute Gasteiger partial charge is 0.341 e. The molecular weight excluding hydrogens is 648 g/mol. The first-order valence-corrected chi connectivity index (χ1v) is 18.1. The molecule has 0 amide bonds. The van der Waals surface area contributed by atoms with Crippen LogP contribution in [0.2, 0.25) is 0 Å². The van der Waals surface area contributed by atoms with E-state index in [1.165, 1.54) is 44.6 Å². The third kappa shape index (κ3) is 4.68. The monoisotopic (exact) mass is 690 g/mol. The largest absolute Gasteiger partial charge is 0.422 e. The van der Waals surface area contributed by atoms with E-state index in [-0.39, 0.29) is 16.6 Å². The Morgan fingerprint density at radius 3 is 2.46 bits per heavy atom. The maximum absolute atomic E-state index is 14.7. The highest BCUT2D eigenvalue weighted by Gasteiger charge is 2.61. The molecule has 3 aromatic rings. The number of hydrogen-bond acceptors (Lipinski definition) is 5. The van der Waals surface area contributed by atoms with Gasteiger partial charge in [0.15, 0.2) is 29.1 Å². The molecule has 11 heteroatoms. The fourth-order valence-corrected chi connectivity index (χ4v) is 11.9. The van der Waals surface area contributed by atoms with Gasteiger partial charge in [0.05, 0.1) is 16.7 Å². The number of nitrogens with one attached hydrogen (secondary N) is 1. The van der Waals surface area contributed by atoms with Crippen LogP contribution >= 0.6 is 0 Å². The van der Waals surface area contributed by atoms with E-state index in [4.69, 9.17) is 9.95 Å². The Hall–Kier alpha value is -3.69. The molecule has 264 valence electrons. The zero-order valence-electron chi connectivity index (χ0n) is 28.7. The van der Waals surface area contributed by atoms with Gasteiger partial charge in [-0.15, -0.1) is 0 Å². The predicted molar refractivity (Wildman–Crippen MR) is 180 cm³/mol. The number of carbonyl (C=O) groups is 1. The van der Waals surface area contributed by atoms with Crippen molar-refractivity contribution in [3.63, 3.8) is 0 Å². The molecule has 7 nitrogen and oxygen atoms in total. The lowest BCUT2D eigenvalue weighted by atomic mass is 9.43. The maximum atomic E-state index is 14.7. The highest BCUT2D eigenvalue weighted by atomic mass is 19.2. The molecule has 0 bridgehead atoms. The third-order valence-corrected chi connectivity index (χ3v) is 14.6. The third-order valence-electron chi connectivity index (χ3n) is 14.6. The number of rotatable bonds is 4. The summed E-state index contributed by atoms with van der Waals surface area (Å²) in [6, 6.07) is 4.82. The second kappa shape index (κ2) is 11.7. The summed E-state index contributed by atoms with van der Waals surface area (Å²) in [5.41, 5.74) is 7.51. The van der Waals surface area contributed by atoms with Gasteiger partial charge in [-0.1, -0.05) is 38.0 Å². The van der Waals surface area contributed by atoms with Gasteiger partial charge in [0.1, 0.15) is 11.3 Å². The highest BCUT2D eigenvalue weighted by molar-refractivity contribution is 5.99. The number of nitrogens with zero attached hydrogens (tertiary/aromatic N) is 3. The first-order valence-electron chi connectivity index (χ1n) is 18.1. The van der Waals surface area contributed by atoms with Crippen molar-refractivity contribution in [3.8, 4) is 0 Å². The first kappa shape index (κ1) is 33.5. The van der Waals surface area contributed by atoms with Crippen LogP contribution in [0.25, 0.3) is 21.4 Å². The summed E-state index contributed by atoms with van der Waals surface area (Å²) in [5, 5.41) is 7.20. The Balaban J connectivity index is 1.08. The molecule has 5 aliphatic rings. The summed E-state index contributed by atoms with van der Waals surface area (Å²) in [6.45, 7) is 8.26. The Labute approximate surface area is 287 Å². The molecule has 0 unspecified atom stereocenters. The average molecular weight is 691 g/mol. The van der Waals surface area contributed by atoms with E-state index in [2.05, 4.69) is 36.1 Å². The summed E-state index contributed by atoms with van der Waals surface area (Å²) in [5.74, 6) is -5.39. The fraction of sp³-hybridized carbons (Fsp3) is 0.590. The first-order chi connectivity index (χ1) is 23.8. The topological polar surface area (TPSA) is 108 Å². The molecule has 4 aliphatic carbocycles.